The Hall–Kier alpha value is -0.840. The summed E-state index contributed by atoms with van der Waals surface area (Å²) in [7, 11) is 0. The lowest BCUT2D eigenvalue weighted by Crippen LogP contribution is -2.44. The molecular weight excluding hydrogens is 240 g/mol. The largest absolute Gasteiger partial charge is 0.463 e. The quantitative estimate of drug-likeness (QED) is 0.858. The molecule has 1 saturated heterocycles. The number of hydrogen-bond acceptors (Lipinski definition) is 4. The van der Waals surface area contributed by atoms with Gasteiger partial charge in [-0.1, -0.05) is 20.8 Å². The summed E-state index contributed by atoms with van der Waals surface area (Å²) in [4.78, 5) is 2.46. The number of nitrogens with zero attached hydrogens (tertiary/aromatic N) is 1. The van der Waals surface area contributed by atoms with E-state index >= 15 is 0 Å². The SMILES string of the molecule is CCC1COCCN1Cc1ccc(CNC(C)C)o1. The van der Waals surface area contributed by atoms with Gasteiger partial charge in [-0.3, -0.25) is 4.90 Å². The first-order valence-corrected chi connectivity index (χ1v) is 7.31. The Morgan fingerprint density at radius 1 is 1.37 bits per heavy atom. The molecule has 1 unspecified atom stereocenters. The van der Waals surface area contributed by atoms with Crippen LogP contribution in [-0.4, -0.2) is 36.7 Å². The zero-order valence-electron chi connectivity index (χ0n) is 12.3. The van der Waals surface area contributed by atoms with Gasteiger partial charge in [0.05, 0.1) is 26.3 Å². The van der Waals surface area contributed by atoms with Crippen molar-refractivity contribution in [2.75, 3.05) is 19.8 Å². The molecule has 19 heavy (non-hydrogen) atoms. The summed E-state index contributed by atoms with van der Waals surface area (Å²) >= 11 is 0. The molecule has 1 aromatic rings. The zero-order chi connectivity index (χ0) is 13.7. The lowest BCUT2D eigenvalue weighted by Gasteiger charge is -2.34. The van der Waals surface area contributed by atoms with Gasteiger partial charge in [0.25, 0.3) is 0 Å². The molecule has 4 heteroatoms. The summed E-state index contributed by atoms with van der Waals surface area (Å²) in [5.41, 5.74) is 0. The second-order valence-electron chi connectivity index (χ2n) is 5.51. The molecule has 0 radical (unpaired) electrons. The van der Waals surface area contributed by atoms with Crippen molar-refractivity contribution in [1.82, 2.24) is 10.2 Å². The van der Waals surface area contributed by atoms with E-state index in [1.165, 1.54) is 0 Å². The van der Waals surface area contributed by atoms with Crippen molar-refractivity contribution in [1.29, 1.82) is 0 Å². The summed E-state index contributed by atoms with van der Waals surface area (Å²) < 4.78 is 11.4. The highest BCUT2D eigenvalue weighted by Crippen LogP contribution is 2.16. The molecule has 2 heterocycles. The lowest BCUT2D eigenvalue weighted by atomic mass is 10.1. The molecule has 0 spiro atoms. The molecule has 1 aliphatic rings. The van der Waals surface area contributed by atoms with E-state index in [4.69, 9.17) is 9.15 Å². The van der Waals surface area contributed by atoms with Crippen LogP contribution in [0.2, 0.25) is 0 Å². The maximum absolute atomic E-state index is 5.88. The van der Waals surface area contributed by atoms with E-state index in [1.807, 2.05) is 0 Å². The topological polar surface area (TPSA) is 37.6 Å². The van der Waals surface area contributed by atoms with Gasteiger partial charge in [0.15, 0.2) is 0 Å². The molecule has 1 fully saturated rings. The minimum absolute atomic E-state index is 0.484. The summed E-state index contributed by atoms with van der Waals surface area (Å²) in [6.07, 6.45) is 1.13. The normalized spacial score (nSPS) is 21.2. The molecule has 1 aromatic heterocycles. The Bertz CT molecular complexity index is 376. The van der Waals surface area contributed by atoms with Gasteiger partial charge >= 0.3 is 0 Å². The third kappa shape index (κ3) is 4.34. The van der Waals surface area contributed by atoms with Gasteiger partial charge in [-0.2, -0.15) is 0 Å². The first-order chi connectivity index (χ1) is 9.19. The highest BCUT2D eigenvalue weighted by molar-refractivity contribution is 5.07. The van der Waals surface area contributed by atoms with E-state index in [0.29, 0.717) is 12.1 Å². The molecule has 1 atom stereocenters. The molecule has 1 aliphatic heterocycles. The van der Waals surface area contributed by atoms with Gasteiger partial charge in [-0.05, 0) is 18.6 Å². The van der Waals surface area contributed by atoms with Crippen LogP contribution < -0.4 is 5.32 Å². The van der Waals surface area contributed by atoms with Gasteiger partial charge < -0.3 is 14.5 Å². The van der Waals surface area contributed by atoms with Gasteiger partial charge in [0, 0.05) is 18.6 Å². The Morgan fingerprint density at radius 3 is 2.89 bits per heavy atom. The van der Waals surface area contributed by atoms with E-state index < -0.39 is 0 Å². The van der Waals surface area contributed by atoms with Crippen LogP contribution in [-0.2, 0) is 17.8 Å². The Labute approximate surface area is 116 Å². The standard InChI is InChI=1S/C15H26N2O2/c1-4-13-11-18-8-7-17(13)10-15-6-5-14(19-15)9-16-12(2)3/h5-6,12-13,16H,4,7-11H2,1-3H3. The molecule has 0 aromatic carbocycles. The van der Waals surface area contributed by atoms with Crippen molar-refractivity contribution in [2.45, 2.75) is 52.4 Å². The number of hydrogen-bond donors (Lipinski definition) is 1. The van der Waals surface area contributed by atoms with Crippen molar-refractivity contribution < 1.29 is 9.15 Å². The minimum Gasteiger partial charge on any atom is -0.463 e. The minimum atomic E-state index is 0.484. The maximum atomic E-state index is 5.88. The fraction of sp³-hybridized carbons (Fsp3) is 0.733. The monoisotopic (exact) mass is 266 g/mol. The molecule has 0 aliphatic carbocycles. The molecule has 0 amide bonds. The Balaban J connectivity index is 1.88. The van der Waals surface area contributed by atoms with E-state index in [-0.39, 0.29) is 0 Å². The maximum Gasteiger partial charge on any atom is 0.118 e. The second-order valence-corrected chi connectivity index (χ2v) is 5.51. The number of furan rings is 1. The van der Waals surface area contributed by atoms with Crippen molar-refractivity contribution in [3.8, 4) is 0 Å². The van der Waals surface area contributed by atoms with Crippen LogP contribution >= 0.6 is 0 Å². The van der Waals surface area contributed by atoms with Crippen LogP contribution in [0.3, 0.4) is 0 Å². The fourth-order valence-corrected chi connectivity index (χ4v) is 2.38. The molecule has 0 bridgehead atoms. The van der Waals surface area contributed by atoms with Gasteiger partial charge in [-0.15, -0.1) is 0 Å². The van der Waals surface area contributed by atoms with Crippen LogP contribution in [0.15, 0.2) is 16.5 Å². The molecule has 2 rings (SSSR count). The first-order valence-electron chi connectivity index (χ1n) is 7.31. The van der Waals surface area contributed by atoms with Gasteiger partial charge in [-0.25, -0.2) is 0 Å². The summed E-state index contributed by atoms with van der Waals surface area (Å²) in [6, 6.07) is 5.18. The molecule has 4 nitrogen and oxygen atoms in total. The Kier molecular flexibility index (Phi) is 5.43. The number of morpholine rings is 1. The highest BCUT2D eigenvalue weighted by atomic mass is 16.5. The van der Waals surface area contributed by atoms with Gasteiger partial charge in [0.2, 0.25) is 0 Å². The summed E-state index contributed by atoms with van der Waals surface area (Å²) in [5, 5.41) is 3.37. The van der Waals surface area contributed by atoms with Crippen molar-refractivity contribution >= 4 is 0 Å². The summed E-state index contributed by atoms with van der Waals surface area (Å²) in [5.74, 6) is 2.07. The third-order valence-corrected chi connectivity index (χ3v) is 3.58. The van der Waals surface area contributed by atoms with E-state index in [9.17, 15) is 0 Å². The highest BCUT2D eigenvalue weighted by Gasteiger charge is 2.22. The Morgan fingerprint density at radius 2 is 2.16 bits per heavy atom. The number of rotatable bonds is 6. The first kappa shape index (κ1) is 14.6. The second kappa shape index (κ2) is 7.08. The van der Waals surface area contributed by atoms with Crippen LogP contribution in [0.4, 0.5) is 0 Å². The lowest BCUT2D eigenvalue weighted by molar-refractivity contribution is -0.0155. The van der Waals surface area contributed by atoms with E-state index in [0.717, 1.165) is 50.8 Å². The molecule has 1 N–H and O–H groups in total. The van der Waals surface area contributed by atoms with Crippen LogP contribution in [0, 0.1) is 0 Å². The van der Waals surface area contributed by atoms with Crippen LogP contribution in [0.5, 0.6) is 0 Å². The van der Waals surface area contributed by atoms with E-state index in [2.05, 4.69) is 43.1 Å². The molecular formula is C15H26N2O2. The average Bonchev–Trinajstić information content (AvgIpc) is 2.85. The molecule has 0 saturated carbocycles. The third-order valence-electron chi connectivity index (χ3n) is 3.58. The average molecular weight is 266 g/mol. The summed E-state index contributed by atoms with van der Waals surface area (Å²) in [6.45, 7) is 10.9. The number of ether oxygens (including phenoxy) is 1. The predicted molar refractivity (Wildman–Crippen MR) is 76.0 cm³/mol. The van der Waals surface area contributed by atoms with Crippen molar-refractivity contribution in [2.24, 2.45) is 0 Å². The number of nitrogens with one attached hydrogen (secondary N) is 1. The van der Waals surface area contributed by atoms with Crippen LogP contribution in [0.1, 0.15) is 38.7 Å². The van der Waals surface area contributed by atoms with Crippen molar-refractivity contribution in [3.63, 3.8) is 0 Å². The molecule has 108 valence electrons. The smallest absolute Gasteiger partial charge is 0.118 e. The van der Waals surface area contributed by atoms with Crippen LogP contribution in [0.25, 0.3) is 0 Å². The van der Waals surface area contributed by atoms with E-state index in [1.54, 1.807) is 0 Å². The fourth-order valence-electron chi connectivity index (χ4n) is 2.38. The van der Waals surface area contributed by atoms with Crippen molar-refractivity contribution in [3.05, 3.63) is 23.7 Å². The zero-order valence-corrected chi connectivity index (χ0v) is 12.3. The van der Waals surface area contributed by atoms with Gasteiger partial charge in [0.1, 0.15) is 11.5 Å². The predicted octanol–water partition coefficient (Wildman–Crippen LogP) is 2.39.